The molecular weight excluding hydrogens is 516 g/mol. The molecule has 0 aliphatic rings. The Bertz CT molecular complexity index is 1570. The van der Waals surface area contributed by atoms with Crippen molar-refractivity contribution < 1.29 is 17.9 Å². The van der Waals surface area contributed by atoms with Crippen LogP contribution >= 0.6 is 11.6 Å². The maximum absolute atomic E-state index is 13.2. The van der Waals surface area contributed by atoms with Crippen LogP contribution in [-0.2, 0) is 16.4 Å². The van der Waals surface area contributed by atoms with Gasteiger partial charge in [-0.3, -0.25) is 14.3 Å². The van der Waals surface area contributed by atoms with Crippen molar-refractivity contribution in [2.24, 2.45) is 0 Å². The molecule has 0 aliphatic carbocycles. The number of ether oxygens (including phenoxy) is 2. The standard InChI is InChI=1S/C25H23ClN6O4S/c1-16-7-8-17(18(11-16)13-27)9-10-37(33,34)31-25-30-29-24(19-12-20(26)15-28-14-19)32(25)23-21(35-2)5-4-6-22(23)36-3/h4-8,11-12,14-15H,9-10H2,1-3H3,(H,30,31). The summed E-state index contributed by atoms with van der Waals surface area (Å²) >= 11 is 6.15. The third-order valence-electron chi connectivity index (χ3n) is 5.52. The van der Waals surface area contributed by atoms with Gasteiger partial charge in [-0.2, -0.15) is 5.26 Å². The minimum absolute atomic E-state index is 0.0813. The second kappa shape index (κ2) is 10.9. The van der Waals surface area contributed by atoms with E-state index in [1.807, 2.05) is 13.0 Å². The van der Waals surface area contributed by atoms with Crippen molar-refractivity contribution in [3.63, 3.8) is 0 Å². The van der Waals surface area contributed by atoms with Crippen molar-refractivity contribution >= 4 is 27.6 Å². The van der Waals surface area contributed by atoms with Gasteiger partial charge < -0.3 is 9.47 Å². The first kappa shape index (κ1) is 25.9. The van der Waals surface area contributed by atoms with Gasteiger partial charge in [0.05, 0.1) is 36.6 Å². The van der Waals surface area contributed by atoms with Crippen LogP contribution in [0, 0.1) is 18.3 Å². The quantitative estimate of drug-likeness (QED) is 0.336. The fourth-order valence-corrected chi connectivity index (χ4v) is 4.96. The van der Waals surface area contributed by atoms with Gasteiger partial charge in [-0.05, 0) is 48.7 Å². The van der Waals surface area contributed by atoms with Gasteiger partial charge in [-0.15, -0.1) is 10.2 Å². The van der Waals surface area contributed by atoms with Crippen LogP contribution in [0.2, 0.25) is 5.02 Å². The Morgan fingerprint density at radius 1 is 1.08 bits per heavy atom. The summed E-state index contributed by atoms with van der Waals surface area (Å²) in [6.45, 7) is 1.87. The number of aromatic nitrogens is 4. The minimum atomic E-state index is -3.92. The largest absolute Gasteiger partial charge is 0.494 e. The highest BCUT2D eigenvalue weighted by atomic mass is 35.5. The summed E-state index contributed by atoms with van der Waals surface area (Å²) in [5.74, 6) is 0.695. The predicted molar refractivity (Wildman–Crippen MR) is 140 cm³/mol. The second-order valence-corrected chi connectivity index (χ2v) is 10.3. The molecule has 37 heavy (non-hydrogen) atoms. The SMILES string of the molecule is COc1cccc(OC)c1-n1c(NS(=O)(=O)CCc2ccc(C)cc2C#N)nnc1-c1cncc(Cl)c1. The summed E-state index contributed by atoms with van der Waals surface area (Å²) in [6, 6.07) is 14.2. The highest BCUT2D eigenvalue weighted by molar-refractivity contribution is 7.92. The Morgan fingerprint density at radius 3 is 2.46 bits per heavy atom. The molecule has 0 spiro atoms. The Balaban J connectivity index is 1.77. The number of sulfonamides is 1. The molecule has 0 unspecified atom stereocenters. The topological polar surface area (TPSA) is 132 Å². The number of benzene rings is 2. The van der Waals surface area contributed by atoms with Gasteiger partial charge in [0.15, 0.2) is 5.82 Å². The molecule has 1 N–H and O–H groups in total. The molecule has 0 atom stereocenters. The molecule has 0 saturated carbocycles. The number of rotatable bonds is 9. The molecule has 10 nitrogen and oxygen atoms in total. The number of methoxy groups -OCH3 is 2. The molecular formula is C25H23ClN6O4S. The number of pyridine rings is 1. The van der Waals surface area contributed by atoms with Gasteiger partial charge in [0.25, 0.3) is 0 Å². The summed E-state index contributed by atoms with van der Waals surface area (Å²) < 4.78 is 41.4. The van der Waals surface area contributed by atoms with Gasteiger partial charge in [0, 0.05) is 18.0 Å². The van der Waals surface area contributed by atoms with E-state index in [4.69, 9.17) is 21.1 Å². The number of anilines is 1. The van der Waals surface area contributed by atoms with Crippen molar-refractivity contribution in [2.45, 2.75) is 13.3 Å². The summed E-state index contributed by atoms with van der Waals surface area (Å²) in [4.78, 5) is 4.11. The zero-order valence-electron chi connectivity index (χ0n) is 20.3. The molecule has 12 heteroatoms. The molecule has 0 fully saturated rings. The monoisotopic (exact) mass is 538 g/mol. The van der Waals surface area contributed by atoms with Crippen LogP contribution in [0.3, 0.4) is 0 Å². The zero-order chi connectivity index (χ0) is 26.6. The first-order chi connectivity index (χ1) is 17.8. The molecule has 0 amide bonds. The lowest BCUT2D eigenvalue weighted by molar-refractivity contribution is 0.391. The Labute approximate surface area is 219 Å². The lowest BCUT2D eigenvalue weighted by Gasteiger charge is -2.17. The third kappa shape index (κ3) is 5.66. The fraction of sp³-hybridized carbons (Fsp3) is 0.200. The molecule has 190 valence electrons. The van der Waals surface area contributed by atoms with Crippen molar-refractivity contribution in [1.82, 2.24) is 19.7 Å². The van der Waals surface area contributed by atoms with Crippen molar-refractivity contribution in [1.29, 1.82) is 5.26 Å². The third-order valence-corrected chi connectivity index (χ3v) is 6.97. The van der Waals surface area contributed by atoms with E-state index in [0.717, 1.165) is 5.56 Å². The van der Waals surface area contributed by atoms with Crippen LogP contribution in [0.25, 0.3) is 17.1 Å². The van der Waals surface area contributed by atoms with E-state index >= 15 is 0 Å². The molecule has 0 bridgehead atoms. The Morgan fingerprint density at radius 2 is 1.81 bits per heavy atom. The molecule has 0 saturated heterocycles. The molecule has 4 aromatic rings. The van der Waals surface area contributed by atoms with Crippen LogP contribution in [0.4, 0.5) is 5.95 Å². The van der Waals surface area contributed by atoms with Gasteiger partial charge in [-0.1, -0.05) is 29.8 Å². The van der Waals surface area contributed by atoms with E-state index < -0.39 is 10.0 Å². The van der Waals surface area contributed by atoms with Crippen molar-refractivity contribution in [3.05, 3.63) is 76.6 Å². The van der Waals surface area contributed by atoms with Crippen molar-refractivity contribution in [2.75, 3.05) is 24.7 Å². The number of hydrogen-bond donors (Lipinski definition) is 1. The fourth-order valence-electron chi connectivity index (χ4n) is 3.78. The van der Waals surface area contributed by atoms with E-state index in [-0.39, 0.29) is 23.9 Å². The number of nitrogens with zero attached hydrogens (tertiary/aromatic N) is 5. The van der Waals surface area contributed by atoms with E-state index in [9.17, 15) is 13.7 Å². The van der Waals surface area contributed by atoms with E-state index in [1.54, 1.807) is 36.4 Å². The highest BCUT2D eigenvalue weighted by Crippen LogP contribution is 2.37. The minimum Gasteiger partial charge on any atom is -0.494 e. The van der Waals surface area contributed by atoms with Gasteiger partial charge in [0.2, 0.25) is 16.0 Å². The average Bonchev–Trinajstić information content (AvgIpc) is 3.29. The van der Waals surface area contributed by atoms with E-state index in [0.29, 0.717) is 38.9 Å². The van der Waals surface area contributed by atoms with Gasteiger partial charge in [0.1, 0.15) is 17.2 Å². The van der Waals surface area contributed by atoms with E-state index in [1.165, 1.54) is 31.2 Å². The first-order valence-electron chi connectivity index (χ1n) is 11.0. The Kier molecular flexibility index (Phi) is 7.61. The smallest absolute Gasteiger partial charge is 0.243 e. The number of aryl methyl sites for hydroxylation is 2. The van der Waals surface area contributed by atoms with E-state index in [2.05, 4.69) is 26.0 Å². The maximum atomic E-state index is 13.2. The lowest BCUT2D eigenvalue weighted by atomic mass is 10.0. The molecule has 2 aromatic carbocycles. The first-order valence-corrected chi connectivity index (χ1v) is 13.1. The molecule has 4 rings (SSSR count). The number of nitrogens with one attached hydrogen (secondary N) is 1. The second-order valence-electron chi connectivity index (χ2n) is 8.03. The van der Waals surface area contributed by atoms with Gasteiger partial charge in [-0.25, -0.2) is 8.42 Å². The van der Waals surface area contributed by atoms with Crippen LogP contribution in [0.1, 0.15) is 16.7 Å². The number of nitriles is 1. The highest BCUT2D eigenvalue weighted by Gasteiger charge is 2.25. The van der Waals surface area contributed by atoms with Crippen LogP contribution in [0.5, 0.6) is 11.5 Å². The number of para-hydroxylation sites is 1. The zero-order valence-corrected chi connectivity index (χ0v) is 21.8. The Hall–Kier alpha value is -4.14. The summed E-state index contributed by atoms with van der Waals surface area (Å²) in [5.41, 5.74) is 2.88. The summed E-state index contributed by atoms with van der Waals surface area (Å²) in [6.07, 6.45) is 3.14. The lowest BCUT2D eigenvalue weighted by Crippen LogP contribution is -2.21. The maximum Gasteiger partial charge on any atom is 0.243 e. The summed E-state index contributed by atoms with van der Waals surface area (Å²) in [7, 11) is -0.946. The molecule has 2 aromatic heterocycles. The number of halogens is 1. The normalized spacial score (nSPS) is 11.1. The van der Waals surface area contributed by atoms with Crippen LogP contribution in [0.15, 0.2) is 54.9 Å². The van der Waals surface area contributed by atoms with Crippen molar-refractivity contribution in [3.8, 4) is 34.6 Å². The van der Waals surface area contributed by atoms with Crippen LogP contribution < -0.4 is 14.2 Å². The molecule has 2 heterocycles. The molecule has 0 aliphatic heterocycles. The van der Waals surface area contributed by atoms with Gasteiger partial charge >= 0.3 is 0 Å². The summed E-state index contributed by atoms with van der Waals surface area (Å²) in [5, 5.41) is 18.1. The molecule has 0 radical (unpaired) electrons. The van der Waals surface area contributed by atoms with Crippen LogP contribution in [-0.4, -0.2) is 48.1 Å². The average molecular weight is 539 g/mol. The predicted octanol–water partition coefficient (Wildman–Crippen LogP) is 4.16. The number of hydrogen-bond acceptors (Lipinski definition) is 8.